The lowest BCUT2D eigenvalue weighted by Crippen LogP contribution is -2.37. The highest BCUT2D eigenvalue weighted by Crippen LogP contribution is 2.28. The van der Waals surface area contributed by atoms with Crippen molar-refractivity contribution in [2.45, 2.75) is 0 Å². The van der Waals surface area contributed by atoms with Gasteiger partial charge in [-0.15, -0.1) is 0 Å². The van der Waals surface area contributed by atoms with Gasteiger partial charge in [-0.2, -0.15) is 0 Å². The van der Waals surface area contributed by atoms with Crippen LogP contribution >= 0.6 is 0 Å². The number of rotatable bonds is 5. The number of para-hydroxylation sites is 1. The lowest BCUT2D eigenvalue weighted by molar-refractivity contribution is -0.114. The smallest absolute Gasteiger partial charge is 0.245 e. The van der Waals surface area contributed by atoms with Gasteiger partial charge in [-0.3, -0.25) is 9.10 Å². The van der Waals surface area contributed by atoms with Crippen LogP contribution in [-0.2, 0) is 14.8 Å². The number of hydrogen-bond donors (Lipinski definition) is 1. The van der Waals surface area contributed by atoms with Gasteiger partial charge in [0.05, 0.1) is 11.9 Å². The van der Waals surface area contributed by atoms with E-state index in [0.717, 1.165) is 28.1 Å². The number of nitrogens with zero attached hydrogens (tertiary/aromatic N) is 1. The van der Waals surface area contributed by atoms with Gasteiger partial charge in [0.1, 0.15) is 23.9 Å². The van der Waals surface area contributed by atoms with Gasteiger partial charge in [0, 0.05) is 5.39 Å². The second kappa shape index (κ2) is 7.32. The molecule has 8 heteroatoms. The van der Waals surface area contributed by atoms with Crippen molar-refractivity contribution in [2.24, 2.45) is 0 Å². The number of halogens is 2. The number of nitrogens with one attached hydrogen (secondary N) is 1. The van der Waals surface area contributed by atoms with Crippen LogP contribution in [0.1, 0.15) is 0 Å². The highest BCUT2D eigenvalue weighted by atomic mass is 32.2. The Kier molecular flexibility index (Phi) is 5.09. The first-order chi connectivity index (χ1) is 12.8. The molecule has 0 heterocycles. The van der Waals surface area contributed by atoms with Crippen molar-refractivity contribution in [3.8, 4) is 0 Å². The topological polar surface area (TPSA) is 66.5 Å². The molecule has 0 aliphatic rings. The third kappa shape index (κ3) is 4.06. The first kappa shape index (κ1) is 18.8. The second-order valence-corrected chi connectivity index (χ2v) is 7.82. The average Bonchev–Trinajstić information content (AvgIpc) is 2.62. The Bertz CT molecular complexity index is 1090. The van der Waals surface area contributed by atoms with E-state index in [1.165, 1.54) is 6.07 Å². The molecule has 1 amide bonds. The van der Waals surface area contributed by atoms with Gasteiger partial charge in [0.15, 0.2) is 0 Å². The van der Waals surface area contributed by atoms with Crippen LogP contribution in [0.3, 0.4) is 0 Å². The second-order valence-electron chi connectivity index (χ2n) is 5.91. The summed E-state index contributed by atoms with van der Waals surface area (Å²) in [5, 5.41) is 3.53. The summed E-state index contributed by atoms with van der Waals surface area (Å²) in [6.45, 7) is -0.624. The minimum absolute atomic E-state index is 0.305. The maximum Gasteiger partial charge on any atom is 0.245 e. The van der Waals surface area contributed by atoms with Crippen molar-refractivity contribution >= 4 is 38.1 Å². The Morgan fingerprint density at radius 3 is 2.22 bits per heavy atom. The highest BCUT2D eigenvalue weighted by molar-refractivity contribution is 7.92. The minimum Gasteiger partial charge on any atom is -0.320 e. The average molecular weight is 390 g/mol. The molecule has 27 heavy (non-hydrogen) atoms. The van der Waals surface area contributed by atoms with Crippen LogP contribution in [0.25, 0.3) is 10.8 Å². The molecule has 140 valence electrons. The Morgan fingerprint density at radius 2 is 1.56 bits per heavy atom. The number of sulfonamides is 1. The van der Waals surface area contributed by atoms with E-state index in [1.54, 1.807) is 24.3 Å². The van der Waals surface area contributed by atoms with Crippen LogP contribution in [0.5, 0.6) is 0 Å². The van der Waals surface area contributed by atoms with Gasteiger partial charge in [0.25, 0.3) is 0 Å². The summed E-state index contributed by atoms with van der Waals surface area (Å²) in [6.07, 6.45) is 0.964. The zero-order chi connectivity index (χ0) is 19.6. The number of hydrogen-bond acceptors (Lipinski definition) is 3. The maximum atomic E-state index is 13.7. The van der Waals surface area contributed by atoms with Gasteiger partial charge >= 0.3 is 0 Å². The molecule has 0 aromatic heterocycles. The van der Waals surface area contributed by atoms with Crippen molar-refractivity contribution in [1.82, 2.24) is 0 Å². The van der Waals surface area contributed by atoms with Crippen LogP contribution in [0.2, 0.25) is 0 Å². The van der Waals surface area contributed by atoms with Crippen LogP contribution in [0, 0.1) is 11.6 Å². The molecule has 0 bridgehead atoms. The number of anilines is 2. The monoisotopic (exact) mass is 390 g/mol. The summed E-state index contributed by atoms with van der Waals surface area (Å²) in [5.74, 6) is -2.75. The molecule has 0 saturated carbocycles. The summed E-state index contributed by atoms with van der Waals surface area (Å²) in [6, 6.07) is 15.3. The molecule has 0 radical (unpaired) electrons. The van der Waals surface area contributed by atoms with E-state index < -0.39 is 39.8 Å². The fourth-order valence-corrected chi connectivity index (χ4v) is 3.60. The Balaban J connectivity index is 1.96. The van der Waals surface area contributed by atoms with Crippen molar-refractivity contribution in [1.29, 1.82) is 0 Å². The van der Waals surface area contributed by atoms with Crippen molar-refractivity contribution in [3.63, 3.8) is 0 Å². The Hall–Kier alpha value is -3.00. The molecule has 0 spiro atoms. The SMILES string of the molecule is CS(=O)(=O)N(CC(=O)Nc1c(F)cccc1F)c1cccc2ccccc12. The molecule has 0 fully saturated rings. The Labute approximate surface area is 155 Å². The van der Waals surface area contributed by atoms with E-state index in [-0.39, 0.29) is 0 Å². The van der Waals surface area contributed by atoms with Gasteiger partial charge in [-0.25, -0.2) is 17.2 Å². The zero-order valence-electron chi connectivity index (χ0n) is 14.3. The molecule has 0 atom stereocenters. The minimum atomic E-state index is -3.83. The quantitative estimate of drug-likeness (QED) is 0.725. The van der Waals surface area contributed by atoms with E-state index >= 15 is 0 Å². The molecule has 3 aromatic rings. The van der Waals surface area contributed by atoms with Gasteiger partial charge in [-0.05, 0) is 23.6 Å². The molecule has 1 N–H and O–H groups in total. The van der Waals surface area contributed by atoms with E-state index in [9.17, 15) is 22.0 Å². The number of fused-ring (bicyclic) bond motifs is 1. The van der Waals surface area contributed by atoms with E-state index in [4.69, 9.17) is 0 Å². The predicted octanol–water partition coefficient (Wildman–Crippen LogP) is 3.52. The van der Waals surface area contributed by atoms with Crippen molar-refractivity contribution in [3.05, 3.63) is 72.3 Å². The van der Waals surface area contributed by atoms with E-state index in [1.807, 2.05) is 18.2 Å². The largest absolute Gasteiger partial charge is 0.320 e. The summed E-state index contributed by atoms with van der Waals surface area (Å²) >= 11 is 0. The predicted molar refractivity (Wildman–Crippen MR) is 101 cm³/mol. The van der Waals surface area contributed by atoms with Crippen molar-refractivity contribution in [2.75, 3.05) is 22.4 Å². The molecular formula is C19H16F2N2O3S. The molecular weight excluding hydrogens is 374 g/mol. The van der Waals surface area contributed by atoms with Crippen LogP contribution in [-0.4, -0.2) is 27.1 Å². The molecule has 0 saturated heterocycles. The normalized spacial score (nSPS) is 11.4. The molecule has 5 nitrogen and oxygen atoms in total. The van der Waals surface area contributed by atoms with Crippen LogP contribution in [0.4, 0.5) is 20.2 Å². The molecule has 3 aromatic carbocycles. The third-order valence-corrected chi connectivity index (χ3v) is 5.08. The zero-order valence-corrected chi connectivity index (χ0v) is 15.1. The fraction of sp³-hybridized carbons (Fsp3) is 0.105. The Morgan fingerprint density at radius 1 is 0.963 bits per heavy atom. The third-order valence-electron chi connectivity index (χ3n) is 3.95. The van der Waals surface area contributed by atoms with Gasteiger partial charge < -0.3 is 5.32 Å². The number of benzene rings is 3. The highest BCUT2D eigenvalue weighted by Gasteiger charge is 2.23. The fourth-order valence-electron chi connectivity index (χ4n) is 2.73. The maximum absolute atomic E-state index is 13.7. The van der Waals surface area contributed by atoms with Gasteiger partial charge in [0.2, 0.25) is 15.9 Å². The molecule has 0 aliphatic carbocycles. The van der Waals surface area contributed by atoms with E-state index in [2.05, 4.69) is 5.32 Å². The summed E-state index contributed by atoms with van der Waals surface area (Å²) < 4.78 is 53.0. The summed E-state index contributed by atoms with van der Waals surface area (Å²) in [4.78, 5) is 12.3. The van der Waals surface area contributed by atoms with Gasteiger partial charge in [-0.1, -0.05) is 42.5 Å². The van der Waals surface area contributed by atoms with Crippen LogP contribution < -0.4 is 9.62 Å². The molecule has 3 rings (SSSR count). The van der Waals surface area contributed by atoms with E-state index in [0.29, 0.717) is 11.1 Å². The molecule has 0 unspecified atom stereocenters. The molecule has 0 aliphatic heterocycles. The number of carbonyl (C=O) groups is 1. The number of amides is 1. The lowest BCUT2D eigenvalue weighted by Gasteiger charge is -2.23. The lowest BCUT2D eigenvalue weighted by atomic mass is 10.1. The van der Waals surface area contributed by atoms with Crippen LogP contribution in [0.15, 0.2) is 60.7 Å². The summed E-state index contributed by atoms with van der Waals surface area (Å²) in [5.41, 5.74) is -0.311. The van der Waals surface area contributed by atoms with Crippen molar-refractivity contribution < 1.29 is 22.0 Å². The number of carbonyl (C=O) groups excluding carboxylic acids is 1. The standard InChI is InChI=1S/C19H16F2N2O3S/c1-27(25,26)23(17-11-4-7-13-6-2-3-8-14(13)17)12-18(24)22-19-15(20)9-5-10-16(19)21/h2-11H,12H2,1H3,(H,22,24). The first-order valence-corrected chi connectivity index (χ1v) is 9.81. The summed E-state index contributed by atoms with van der Waals surface area (Å²) in [7, 11) is -3.83. The first-order valence-electron chi connectivity index (χ1n) is 7.97.